The van der Waals surface area contributed by atoms with E-state index in [0.717, 1.165) is 0 Å². The van der Waals surface area contributed by atoms with Crippen LogP contribution in [-0.4, -0.2) is 18.5 Å². The molecule has 26 heavy (non-hydrogen) atoms. The van der Waals surface area contributed by atoms with Crippen molar-refractivity contribution in [2.75, 3.05) is 11.9 Å². The molecule has 1 amide bonds. The van der Waals surface area contributed by atoms with Gasteiger partial charge in [-0.25, -0.2) is 9.18 Å². The van der Waals surface area contributed by atoms with E-state index in [2.05, 4.69) is 5.32 Å². The molecule has 2 heterocycles. The fraction of sp³-hybridized carbons (Fsp3) is 0.158. The van der Waals surface area contributed by atoms with Gasteiger partial charge in [0, 0.05) is 10.9 Å². The zero-order chi connectivity index (χ0) is 18.7. The summed E-state index contributed by atoms with van der Waals surface area (Å²) < 4.78 is 23.6. The Labute approximate surface area is 153 Å². The summed E-state index contributed by atoms with van der Waals surface area (Å²) in [6.07, 6.45) is 0. The van der Waals surface area contributed by atoms with Gasteiger partial charge < -0.3 is 14.5 Å². The van der Waals surface area contributed by atoms with Crippen LogP contribution in [0.5, 0.6) is 0 Å². The van der Waals surface area contributed by atoms with E-state index >= 15 is 0 Å². The Kier molecular flexibility index (Phi) is 5.18. The smallest absolute Gasteiger partial charge is 0.341 e. The summed E-state index contributed by atoms with van der Waals surface area (Å²) in [6, 6.07) is 9.00. The SMILES string of the molecule is CCOC(=O)c1c(-c2ccc(F)cc2)csc1NC(=O)c1ccc(C)o1. The lowest BCUT2D eigenvalue weighted by atomic mass is 10.0. The van der Waals surface area contributed by atoms with Crippen molar-refractivity contribution in [1.29, 1.82) is 0 Å². The highest BCUT2D eigenvalue weighted by Gasteiger charge is 2.23. The molecule has 0 saturated carbocycles. The Bertz CT molecular complexity index is 943. The molecule has 1 N–H and O–H groups in total. The number of rotatable bonds is 5. The van der Waals surface area contributed by atoms with Crippen LogP contribution in [0.2, 0.25) is 0 Å². The molecule has 0 fully saturated rings. The van der Waals surface area contributed by atoms with E-state index in [1.807, 2.05) is 0 Å². The van der Waals surface area contributed by atoms with Crippen LogP contribution in [0, 0.1) is 12.7 Å². The summed E-state index contributed by atoms with van der Waals surface area (Å²) in [5.74, 6) is -0.633. The Morgan fingerprint density at radius 2 is 1.92 bits per heavy atom. The third kappa shape index (κ3) is 3.67. The van der Waals surface area contributed by atoms with Crippen LogP contribution < -0.4 is 5.32 Å². The lowest BCUT2D eigenvalue weighted by molar-refractivity contribution is 0.0529. The van der Waals surface area contributed by atoms with Gasteiger partial charge >= 0.3 is 5.97 Å². The summed E-state index contributed by atoms with van der Waals surface area (Å²) in [5, 5.41) is 4.77. The number of thiophene rings is 1. The van der Waals surface area contributed by atoms with Gasteiger partial charge in [0.15, 0.2) is 5.76 Å². The normalized spacial score (nSPS) is 10.6. The monoisotopic (exact) mass is 373 g/mol. The number of halogens is 1. The van der Waals surface area contributed by atoms with Crippen LogP contribution in [0.3, 0.4) is 0 Å². The molecule has 0 bridgehead atoms. The van der Waals surface area contributed by atoms with E-state index < -0.39 is 11.9 Å². The maximum Gasteiger partial charge on any atom is 0.341 e. The summed E-state index contributed by atoms with van der Waals surface area (Å²) in [6.45, 7) is 3.63. The average Bonchev–Trinajstić information content (AvgIpc) is 3.22. The van der Waals surface area contributed by atoms with Gasteiger partial charge in [0.2, 0.25) is 0 Å². The van der Waals surface area contributed by atoms with E-state index in [-0.39, 0.29) is 23.7 Å². The Morgan fingerprint density at radius 3 is 2.54 bits per heavy atom. The molecule has 2 aromatic heterocycles. The number of carbonyl (C=O) groups excluding carboxylic acids is 2. The molecule has 3 aromatic rings. The minimum absolute atomic E-state index is 0.147. The fourth-order valence-corrected chi connectivity index (χ4v) is 3.37. The quantitative estimate of drug-likeness (QED) is 0.647. The number of hydrogen-bond donors (Lipinski definition) is 1. The van der Waals surface area contributed by atoms with Crippen molar-refractivity contribution in [3.05, 3.63) is 64.7 Å². The van der Waals surface area contributed by atoms with Crippen LogP contribution in [0.15, 0.2) is 46.2 Å². The van der Waals surface area contributed by atoms with Crippen molar-refractivity contribution in [3.8, 4) is 11.1 Å². The predicted octanol–water partition coefficient (Wildman–Crippen LogP) is 4.88. The molecule has 0 aliphatic carbocycles. The van der Waals surface area contributed by atoms with Gasteiger partial charge in [-0.05, 0) is 43.7 Å². The molecule has 0 spiro atoms. The van der Waals surface area contributed by atoms with Crippen LogP contribution in [0.1, 0.15) is 33.6 Å². The second-order valence-electron chi connectivity index (χ2n) is 5.45. The lowest BCUT2D eigenvalue weighted by Gasteiger charge is -2.08. The van der Waals surface area contributed by atoms with Crippen LogP contribution >= 0.6 is 11.3 Å². The molecule has 3 rings (SSSR count). The fourth-order valence-electron chi connectivity index (χ4n) is 2.42. The highest BCUT2D eigenvalue weighted by Crippen LogP contribution is 2.36. The zero-order valence-electron chi connectivity index (χ0n) is 14.2. The third-order valence-electron chi connectivity index (χ3n) is 3.62. The summed E-state index contributed by atoms with van der Waals surface area (Å²) >= 11 is 1.19. The van der Waals surface area contributed by atoms with Crippen molar-refractivity contribution in [3.63, 3.8) is 0 Å². The molecule has 0 aliphatic rings. The first kappa shape index (κ1) is 17.9. The van der Waals surface area contributed by atoms with Gasteiger partial charge in [-0.1, -0.05) is 12.1 Å². The second-order valence-corrected chi connectivity index (χ2v) is 6.32. The number of benzene rings is 1. The Hall–Kier alpha value is -2.93. The molecule has 0 saturated heterocycles. The number of ether oxygens (including phenoxy) is 1. The number of furan rings is 1. The van der Waals surface area contributed by atoms with Crippen molar-refractivity contribution in [2.45, 2.75) is 13.8 Å². The summed E-state index contributed by atoms with van der Waals surface area (Å²) in [4.78, 5) is 24.8. The molecule has 5 nitrogen and oxygen atoms in total. The third-order valence-corrected chi connectivity index (χ3v) is 4.51. The molecular formula is C19H16FNO4S. The van der Waals surface area contributed by atoms with Crippen LogP contribution in [-0.2, 0) is 4.74 Å². The van der Waals surface area contributed by atoms with Gasteiger partial charge in [0.1, 0.15) is 22.1 Å². The van der Waals surface area contributed by atoms with E-state index in [1.165, 1.54) is 23.5 Å². The maximum atomic E-state index is 13.2. The highest BCUT2D eigenvalue weighted by atomic mass is 32.1. The van der Waals surface area contributed by atoms with Crippen LogP contribution in [0.25, 0.3) is 11.1 Å². The minimum atomic E-state index is -0.556. The molecule has 0 unspecified atom stereocenters. The predicted molar refractivity (Wildman–Crippen MR) is 97.1 cm³/mol. The summed E-state index contributed by atoms with van der Waals surface area (Å²) in [5.41, 5.74) is 1.46. The van der Waals surface area contributed by atoms with Crippen molar-refractivity contribution in [1.82, 2.24) is 0 Å². The standard InChI is InChI=1S/C19H16FNO4S/c1-3-24-19(23)16-14(12-5-7-13(20)8-6-12)10-26-18(16)21-17(22)15-9-4-11(2)25-15/h4-10H,3H2,1-2H3,(H,21,22). The van der Waals surface area contributed by atoms with Gasteiger partial charge in [-0.2, -0.15) is 0 Å². The van der Waals surface area contributed by atoms with E-state index in [1.54, 1.807) is 43.5 Å². The first-order valence-electron chi connectivity index (χ1n) is 7.92. The van der Waals surface area contributed by atoms with Crippen molar-refractivity contribution >= 4 is 28.2 Å². The number of esters is 1. The number of anilines is 1. The Balaban J connectivity index is 1.98. The number of aryl methyl sites for hydroxylation is 1. The van der Waals surface area contributed by atoms with Crippen LogP contribution in [0.4, 0.5) is 9.39 Å². The molecule has 0 radical (unpaired) electrons. The zero-order valence-corrected chi connectivity index (χ0v) is 15.0. The van der Waals surface area contributed by atoms with Gasteiger partial charge in [-0.15, -0.1) is 11.3 Å². The first-order chi connectivity index (χ1) is 12.5. The molecule has 0 atom stereocenters. The minimum Gasteiger partial charge on any atom is -0.462 e. The molecular weight excluding hydrogens is 357 g/mol. The van der Waals surface area contributed by atoms with Crippen molar-refractivity contribution in [2.24, 2.45) is 0 Å². The largest absolute Gasteiger partial charge is 0.462 e. The van der Waals surface area contributed by atoms with Gasteiger partial charge in [-0.3, -0.25) is 4.79 Å². The number of nitrogens with one attached hydrogen (secondary N) is 1. The summed E-state index contributed by atoms with van der Waals surface area (Å²) in [7, 11) is 0. The van der Waals surface area contributed by atoms with E-state index in [0.29, 0.717) is 21.9 Å². The van der Waals surface area contributed by atoms with E-state index in [9.17, 15) is 14.0 Å². The second kappa shape index (κ2) is 7.53. The molecule has 0 aliphatic heterocycles. The topological polar surface area (TPSA) is 68.5 Å². The number of hydrogen-bond acceptors (Lipinski definition) is 5. The first-order valence-corrected chi connectivity index (χ1v) is 8.80. The highest BCUT2D eigenvalue weighted by molar-refractivity contribution is 7.15. The number of carbonyl (C=O) groups is 2. The van der Waals surface area contributed by atoms with Gasteiger partial charge in [0.25, 0.3) is 5.91 Å². The molecule has 134 valence electrons. The van der Waals surface area contributed by atoms with Gasteiger partial charge in [0.05, 0.1) is 6.61 Å². The lowest BCUT2D eigenvalue weighted by Crippen LogP contribution is -2.14. The number of amides is 1. The molecule has 7 heteroatoms. The van der Waals surface area contributed by atoms with E-state index in [4.69, 9.17) is 9.15 Å². The maximum absolute atomic E-state index is 13.2. The Morgan fingerprint density at radius 1 is 1.19 bits per heavy atom. The average molecular weight is 373 g/mol. The molecule has 1 aromatic carbocycles. The van der Waals surface area contributed by atoms with Crippen molar-refractivity contribution < 1.29 is 23.1 Å².